The average Bonchev–Trinajstić information content (AvgIpc) is 2.33. The molecule has 0 saturated heterocycles. The van der Waals surface area contributed by atoms with Crippen molar-refractivity contribution in [2.45, 2.75) is 51.7 Å². The minimum atomic E-state index is -4.53. The number of benzene rings is 1. The molecule has 1 amide bonds. The van der Waals surface area contributed by atoms with Gasteiger partial charge in [-0.05, 0) is 38.5 Å². The Morgan fingerprint density at radius 1 is 1.13 bits per heavy atom. The zero-order chi connectivity index (χ0) is 18.1. The number of nitrogens with two attached hydrogens (primary N) is 1. The van der Waals surface area contributed by atoms with Crippen molar-refractivity contribution >= 4 is 11.8 Å². The van der Waals surface area contributed by atoms with Crippen LogP contribution in [-0.2, 0) is 16.3 Å². The summed E-state index contributed by atoms with van der Waals surface area (Å²) in [5.41, 5.74) is 3.20. The predicted molar refractivity (Wildman–Crippen MR) is 83.1 cm³/mol. The molecule has 0 unspecified atom stereocenters. The van der Waals surface area contributed by atoms with E-state index in [0.717, 1.165) is 6.07 Å². The van der Waals surface area contributed by atoms with Gasteiger partial charge in [0.25, 0.3) is 0 Å². The van der Waals surface area contributed by atoms with Crippen molar-refractivity contribution in [3.63, 3.8) is 0 Å². The fourth-order valence-corrected chi connectivity index (χ4v) is 2.05. The second-order valence-electron chi connectivity index (χ2n) is 7.14. The molecule has 0 spiro atoms. The molecule has 0 radical (unpaired) electrons. The van der Waals surface area contributed by atoms with Gasteiger partial charge >= 0.3 is 12.3 Å². The number of hydrogen-bond acceptors (Lipinski definition) is 3. The Kier molecular flexibility index (Phi) is 5.23. The molecule has 1 rings (SSSR count). The van der Waals surface area contributed by atoms with E-state index in [1.807, 2.05) is 0 Å². The lowest BCUT2D eigenvalue weighted by atomic mass is 9.82. The van der Waals surface area contributed by atoms with Crippen molar-refractivity contribution in [2.24, 2.45) is 0 Å². The zero-order valence-corrected chi connectivity index (χ0v) is 14.0. The van der Waals surface area contributed by atoms with E-state index in [4.69, 9.17) is 10.5 Å². The third kappa shape index (κ3) is 5.65. The molecule has 23 heavy (non-hydrogen) atoms. The molecule has 0 atom stereocenters. The van der Waals surface area contributed by atoms with Gasteiger partial charge in [-0.25, -0.2) is 4.79 Å². The molecule has 1 aromatic carbocycles. The van der Waals surface area contributed by atoms with Crippen LogP contribution in [0, 0.1) is 0 Å². The number of nitrogen functional groups attached to an aromatic ring is 1. The maximum atomic E-state index is 13.2. The molecule has 0 aliphatic heterocycles. The Morgan fingerprint density at radius 2 is 1.70 bits per heavy atom. The van der Waals surface area contributed by atoms with Crippen molar-refractivity contribution in [3.8, 4) is 0 Å². The Labute approximate surface area is 134 Å². The number of hydrogen-bond donors (Lipinski definition) is 2. The summed E-state index contributed by atoms with van der Waals surface area (Å²) in [4.78, 5) is 11.7. The van der Waals surface area contributed by atoms with Gasteiger partial charge in [-0.2, -0.15) is 13.2 Å². The number of nitrogens with one attached hydrogen (secondary N) is 1. The van der Waals surface area contributed by atoms with Crippen LogP contribution in [0.25, 0.3) is 0 Å². The van der Waals surface area contributed by atoms with Gasteiger partial charge in [0.1, 0.15) is 6.61 Å². The topological polar surface area (TPSA) is 64.3 Å². The van der Waals surface area contributed by atoms with Crippen molar-refractivity contribution in [2.75, 3.05) is 12.3 Å². The van der Waals surface area contributed by atoms with Crippen LogP contribution in [0.4, 0.5) is 23.7 Å². The van der Waals surface area contributed by atoms with Crippen LogP contribution in [0.15, 0.2) is 18.2 Å². The van der Waals surface area contributed by atoms with Crippen molar-refractivity contribution < 1.29 is 22.7 Å². The third-order valence-corrected chi connectivity index (χ3v) is 3.12. The lowest BCUT2D eigenvalue weighted by Crippen LogP contribution is -2.42. The van der Waals surface area contributed by atoms with Crippen LogP contribution in [0.3, 0.4) is 0 Å². The number of carbonyl (C=O) groups is 1. The van der Waals surface area contributed by atoms with Crippen LogP contribution in [0.5, 0.6) is 0 Å². The molecule has 4 nitrogen and oxygen atoms in total. The summed E-state index contributed by atoms with van der Waals surface area (Å²) in [7, 11) is 0. The normalized spacial score (nSPS) is 12.9. The number of anilines is 1. The maximum absolute atomic E-state index is 13.2. The van der Waals surface area contributed by atoms with E-state index in [1.165, 1.54) is 12.1 Å². The fourth-order valence-electron chi connectivity index (χ4n) is 2.05. The van der Waals surface area contributed by atoms with Gasteiger partial charge in [-0.1, -0.05) is 19.9 Å². The van der Waals surface area contributed by atoms with E-state index < -0.39 is 28.8 Å². The largest absolute Gasteiger partial charge is 0.449 e. The van der Waals surface area contributed by atoms with Crippen molar-refractivity contribution in [1.29, 1.82) is 0 Å². The summed E-state index contributed by atoms with van der Waals surface area (Å²) in [5.74, 6) is 0. The minimum Gasteiger partial charge on any atom is -0.449 e. The summed E-state index contributed by atoms with van der Waals surface area (Å²) >= 11 is 0. The van der Waals surface area contributed by atoms with Crippen LogP contribution in [-0.4, -0.2) is 18.2 Å². The Morgan fingerprint density at radius 3 is 2.17 bits per heavy atom. The van der Waals surface area contributed by atoms with Crippen LogP contribution in [0.1, 0.15) is 45.7 Å². The number of ether oxygens (including phenoxy) is 1. The number of carbonyl (C=O) groups excluding carboxylic acids is 1. The second-order valence-corrected chi connectivity index (χ2v) is 7.14. The van der Waals surface area contributed by atoms with E-state index in [2.05, 4.69) is 5.32 Å². The van der Waals surface area contributed by atoms with E-state index in [9.17, 15) is 18.0 Å². The molecule has 1 aromatic rings. The molecule has 3 N–H and O–H groups in total. The minimum absolute atomic E-state index is 0.0303. The molecule has 0 aliphatic rings. The molecule has 130 valence electrons. The van der Waals surface area contributed by atoms with E-state index >= 15 is 0 Å². The highest BCUT2D eigenvalue weighted by molar-refractivity contribution is 5.68. The molecular weight excluding hydrogens is 309 g/mol. The summed E-state index contributed by atoms with van der Waals surface area (Å²) in [6.45, 7) is 8.31. The smallest absolute Gasteiger partial charge is 0.416 e. The summed E-state index contributed by atoms with van der Waals surface area (Å²) < 4.78 is 44.7. The molecule has 7 heteroatoms. The number of alkyl carbamates (subject to hydrolysis) is 1. The Hall–Kier alpha value is -1.92. The van der Waals surface area contributed by atoms with E-state index in [-0.39, 0.29) is 17.9 Å². The van der Waals surface area contributed by atoms with Gasteiger partial charge in [0, 0.05) is 16.6 Å². The van der Waals surface area contributed by atoms with Crippen LogP contribution < -0.4 is 11.1 Å². The van der Waals surface area contributed by atoms with Crippen LogP contribution >= 0.6 is 0 Å². The monoisotopic (exact) mass is 332 g/mol. The Bertz CT molecular complexity index is 576. The molecule has 0 bridgehead atoms. The number of halogens is 3. The standard InChI is InChI=1S/C16H23F3N2O2/c1-14(2,3)21-13(22)23-9-15(4,5)11-7-6-10(20)8-12(11)16(17,18)19/h6-8H,9,20H2,1-5H3,(H,21,22). The first-order valence-corrected chi connectivity index (χ1v) is 7.14. The van der Waals surface area contributed by atoms with Crippen molar-refractivity contribution in [1.82, 2.24) is 5.32 Å². The number of amides is 1. The highest BCUT2D eigenvalue weighted by Crippen LogP contribution is 2.38. The first-order valence-electron chi connectivity index (χ1n) is 7.14. The quantitative estimate of drug-likeness (QED) is 0.820. The van der Waals surface area contributed by atoms with E-state index in [0.29, 0.717) is 0 Å². The third-order valence-electron chi connectivity index (χ3n) is 3.12. The van der Waals surface area contributed by atoms with Gasteiger partial charge in [-0.15, -0.1) is 0 Å². The zero-order valence-electron chi connectivity index (χ0n) is 14.0. The summed E-state index contributed by atoms with van der Waals surface area (Å²) in [6, 6.07) is 3.62. The summed E-state index contributed by atoms with van der Waals surface area (Å²) in [5, 5.41) is 2.59. The highest BCUT2D eigenvalue weighted by atomic mass is 19.4. The van der Waals surface area contributed by atoms with Gasteiger partial charge in [0.05, 0.1) is 5.56 Å². The molecule has 0 fully saturated rings. The van der Waals surface area contributed by atoms with Gasteiger partial charge in [-0.3, -0.25) is 0 Å². The maximum Gasteiger partial charge on any atom is 0.416 e. The molecular formula is C16H23F3N2O2. The molecule has 0 aromatic heterocycles. The van der Waals surface area contributed by atoms with Gasteiger partial charge < -0.3 is 15.8 Å². The first-order chi connectivity index (χ1) is 10.2. The lowest BCUT2D eigenvalue weighted by molar-refractivity contribution is -0.138. The molecule has 0 aliphatic carbocycles. The Balaban J connectivity index is 2.99. The lowest BCUT2D eigenvalue weighted by Gasteiger charge is -2.29. The van der Waals surface area contributed by atoms with Gasteiger partial charge in [0.15, 0.2) is 0 Å². The average molecular weight is 332 g/mol. The SMILES string of the molecule is CC(C)(C)NC(=O)OCC(C)(C)c1ccc(N)cc1C(F)(F)F. The second kappa shape index (κ2) is 6.29. The number of rotatable bonds is 3. The van der Waals surface area contributed by atoms with E-state index in [1.54, 1.807) is 34.6 Å². The highest BCUT2D eigenvalue weighted by Gasteiger charge is 2.38. The summed E-state index contributed by atoms with van der Waals surface area (Å²) in [6.07, 6.45) is -5.20. The van der Waals surface area contributed by atoms with Crippen LogP contribution in [0.2, 0.25) is 0 Å². The van der Waals surface area contributed by atoms with Crippen molar-refractivity contribution in [3.05, 3.63) is 29.3 Å². The first kappa shape index (κ1) is 19.1. The fraction of sp³-hybridized carbons (Fsp3) is 0.562. The molecule has 0 heterocycles. The molecule has 0 saturated carbocycles. The van der Waals surface area contributed by atoms with Gasteiger partial charge in [0.2, 0.25) is 0 Å². The number of alkyl halides is 3. The predicted octanol–water partition coefficient (Wildman–Crippen LogP) is 4.09.